The van der Waals surface area contributed by atoms with Crippen LogP contribution in [0.2, 0.25) is 5.02 Å². The smallest absolute Gasteiger partial charge is 0.272 e. The zero-order chi connectivity index (χ0) is 18.1. The number of rotatable bonds is 4. The first-order valence-electron chi connectivity index (χ1n) is 7.26. The maximum Gasteiger partial charge on any atom is 0.272 e. The fraction of sp³-hybridized carbons (Fsp3) is 0.118. The third kappa shape index (κ3) is 3.48. The molecule has 5 nitrogen and oxygen atoms in total. The number of nitrogens with one attached hydrogen (secondary N) is 2. The molecule has 25 heavy (non-hydrogen) atoms. The molecule has 0 saturated carbocycles. The second-order valence-corrected chi connectivity index (χ2v) is 5.86. The lowest BCUT2D eigenvalue weighted by atomic mass is 10.1. The van der Waals surface area contributed by atoms with Crippen LogP contribution in [0.25, 0.3) is 10.9 Å². The second-order valence-electron chi connectivity index (χ2n) is 5.42. The van der Waals surface area contributed by atoms with E-state index >= 15 is 0 Å². The van der Waals surface area contributed by atoms with Crippen molar-refractivity contribution in [3.8, 4) is 0 Å². The number of fused-ring (bicyclic) bond motifs is 1. The molecule has 3 aromatic rings. The van der Waals surface area contributed by atoms with Gasteiger partial charge in [-0.05, 0) is 30.3 Å². The van der Waals surface area contributed by atoms with E-state index in [2.05, 4.69) is 10.3 Å². The first kappa shape index (κ1) is 17.3. The van der Waals surface area contributed by atoms with Crippen LogP contribution in [-0.2, 0) is 0 Å². The molecule has 0 saturated heterocycles. The summed E-state index contributed by atoms with van der Waals surface area (Å²) >= 11 is 5.88. The lowest BCUT2D eigenvalue weighted by Crippen LogP contribution is -2.15. The van der Waals surface area contributed by atoms with Gasteiger partial charge in [0.25, 0.3) is 5.91 Å². The minimum atomic E-state index is -1.54. The topological polar surface area (TPSA) is 85.3 Å². The molecular weight excluding hydrogens is 354 g/mol. The molecular formula is C17H13ClF2N2O3. The van der Waals surface area contributed by atoms with Crippen LogP contribution in [0.5, 0.6) is 0 Å². The lowest BCUT2D eigenvalue weighted by molar-refractivity contribution is 0.0923. The van der Waals surface area contributed by atoms with Gasteiger partial charge in [-0.15, -0.1) is 0 Å². The Labute approximate surface area is 145 Å². The van der Waals surface area contributed by atoms with Crippen LogP contribution in [0, 0.1) is 11.6 Å². The van der Waals surface area contributed by atoms with Gasteiger partial charge in [0.05, 0.1) is 12.3 Å². The van der Waals surface area contributed by atoms with Gasteiger partial charge in [0.2, 0.25) is 0 Å². The number of halogens is 3. The van der Waals surface area contributed by atoms with Crippen LogP contribution >= 0.6 is 11.6 Å². The third-order valence-electron chi connectivity index (χ3n) is 3.69. The van der Waals surface area contributed by atoms with Crippen LogP contribution in [0.3, 0.4) is 0 Å². The molecule has 1 aromatic heterocycles. The number of aromatic amines is 1. The summed E-state index contributed by atoms with van der Waals surface area (Å²) in [6.07, 6.45) is -1.54. The molecule has 0 spiro atoms. The highest BCUT2D eigenvalue weighted by atomic mass is 35.5. The number of hydrogen-bond donors (Lipinski definition) is 4. The summed E-state index contributed by atoms with van der Waals surface area (Å²) in [5.41, 5.74) is 0.0468. The highest BCUT2D eigenvalue weighted by molar-refractivity contribution is 6.31. The molecule has 0 aliphatic rings. The fourth-order valence-electron chi connectivity index (χ4n) is 2.43. The van der Waals surface area contributed by atoms with Crippen LogP contribution in [0.4, 0.5) is 14.5 Å². The lowest BCUT2D eigenvalue weighted by Gasteiger charge is -2.12. The standard InChI is InChI=1S/C17H13ClF2N2O3/c18-9-1-2-13-8(3-9)4-15(21-13)17(25)22-14-6-11(19)10(5-12(14)20)16(24)7-23/h1-6,16,21,23-24H,7H2,(H,22,25). The van der Waals surface area contributed by atoms with E-state index in [1.54, 1.807) is 18.2 Å². The Kier molecular flexibility index (Phi) is 4.71. The normalized spacial score (nSPS) is 12.4. The van der Waals surface area contributed by atoms with Gasteiger partial charge in [-0.2, -0.15) is 0 Å². The number of H-pyrrole nitrogens is 1. The van der Waals surface area contributed by atoms with Crippen LogP contribution in [0.15, 0.2) is 36.4 Å². The summed E-state index contributed by atoms with van der Waals surface area (Å²) < 4.78 is 28.0. The monoisotopic (exact) mass is 366 g/mol. The van der Waals surface area contributed by atoms with Crippen molar-refractivity contribution >= 4 is 34.1 Å². The molecule has 1 heterocycles. The third-order valence-corrected chi connectivity index (χ3v) is 3.93. The Morgan fingerprint density at radius 3 is 2.68 bits per heavy atom. The van der Waals surface area contributed by atoms with Gasteiger partial charge in [-0.25, -0.2) is 8.78 Å². The van der Waals surface area contributed by atoms with E-state index in [1.807, 2.05) is 0 Å². The van der Waals surface area contributed by atoms with Crippen molar-refractivity contribution in [2.24, 2.45) is 0 Å². The van der Waals surface area contributed by atoms with E-state index in [4.69, 9.17) is 16.7 Å². The minimum Gasteiger partial charge on any atom is -0.393 e. The molecule has 8 heteroatoms. The Bertz CT molecular complexity index is 958. The first-order chi connectivity index (χ1) is 11.9. The van der Waals surface area contributed by atoms with Gasteiger partial charge in [-0.1, -0.05) is 11.6 Å². The predicted octanol–water partition coefficient (Wildman–Crippen LogP) is 3.38. The number of benzene rings is 2. The zero-order valence-corrected chi connectivity index (χ0v) is 13.4. The van der Waals surface area contributed by atoms with E-state index in [9.17, 15) is 18.7 Å². The molecule has 0 aliphatic heterocycles. The van der Waals surface area contributed by atoms with E-state index in [0.717, 1.165) is 12.1 Å². The molecule has 1 atom stereocenters. The number of hydrogen-bond acceptors (Lipinski definition) is 3. The number of aromatic nitrogens is 1. The first-order valence-corrected chi connectivity index (χ1v) is 7.64. The van der Waals surface area contributed by atoms with Gasteiger partial charge < -0.3 is 20.5 Å². The molecule has 0 radical (unpaired) electrons. The second kappa shape index (κ2) is 6.79. The van der Waals surface area contributed by atoms with Crippen molar-refractivity contribution in [1.82, 2.24) is 4.98 Å². The summed E-state index contributed by atoms with van der Waals surface area (Å²) in [5.74, 6) is -2.54. The number of anilines is 1. The quantitative estimate of drug-likeness (QED) is 0.571. The van der Waals surface area contributed by atoms with Crippen molar-refractivity contribution in [1.29, 1.82) is 0 Å². The van der Waals surface area contributed by atoms with Crippen LogP contribution in [-0.4, -0.2) is 27.7 Å². The summed E-state index contributed by atoms with van der Waals surface area (Å²) in [4.78, 5) is 15.1. The highest BCUT2D eigenvalue weighted by Gasteiger charge is 2.18. The molecule has 4 N–H and O–H groups in total. The number of aliphatic hydroxyl groups is 2. The van der Waals surface area contributed by atoms with Gasteiger partial charge in [0.1, 0.15) is 23.4 Å². The summed E-state index contributed by atoms with van der Waals surface area (Å²) in [6, 6.07) is 8.03. The molecule has 0 aliphatic carbocycles. The summed E-state index contributed by atoms with van der Waals surface area (Å²) in [6.45, 7) is -0.750. The van der Waals surface area contributed by atoms with Crippen LogP contribution < -0.4 is 5.32 Å². The fourth-order valence-corrected chi connectivity index (χ4v) is 2.61. The predicted molar refractivity (Wildman–Crippen MR) is 89.7 cm³/mol. The largest absolute Gasteiger partial charge is 0.393 e. The molecule has 130 valence electrons. The SMILES string of the molecule is O=C(Nc1cc(F)c(C(O)CO)cc1F)c1cc2cc(Cl)ccc2[nH]1. The van der Waals surface area contributed by atoms with Crippen LogP contribution in [0.1, 0.15) is 22.2 Å². The van der Waals surface area contributed by atoms with Crippen molar-refractivity contribution < 1.29 is 23.8 Å². The number of amides is 1. The summed E-state index contributed by atoms with van der Waals surface area (Å²) in [7, 11) is 0. The van der Waals surface area contributed by atoms with E-state index < -0.39 is 35.8 Å². The van der Waals surface area contributed by atoms with E-state index in [1.165, 1.54) is 6.07 Å². The maximum atomic E-state index is 14.1. The number of aliphatic hydroxyl groups excluding tert-OH is 2. The van der Waals surface area contributed by atoms with Crippen molar-refractivity contribution in [3.63, 3.8) is 0 Å². The van der Waals surface area contributed by atoms with Gasteiger partial charge in [0, 0.05) is 27.6 Å². The average molecular weight is 367 g/mol. The van der Waals surface area contributed by atoms with E-state index in [0.29, 0.717) is 15.9 Å². The Morgan fingerprint density at radius 2 is 1.96 bits per heavy atom. The Hall–Kier alpha value is -2.48. The zero-order valence-electron chi connectivity index (χ0n) is 12.7. The Balaban J connectivity index is 1.88. The molecule has 1 unspecified atom stereocenters. The van der Waals surface area contributed by atoms with Gasteiger partial charge in [0.15, 0.2) is 0 Å². The molecule has 0 bridgehead atoms. The average Bonchev–Trinajstić information content (AvgIpc) is 3.00. The molecule has 0 fully saturated rings. The van der Waals surface area contributed by atoms with Crippen molar-refractivity contribution in [2.75, 3.05) is 11.9 Å². The van der Waals surface area contributed by atoms with Crippen molar-refractivity contribution in [3.05, 3.63) is 64.3 Å². The van der Waals surface area contributed by atoms with Crippen molar-refractivity contribution in [2.45, 2.75) is 6.10 Å². The van der Waals surface area contributed by atoms with E-state index in [-0.39, 0.29) is 11.4 Å². The minimum absolute atomic E-state index is 0.150. The molecule has 2 aromatic carbocycles. The highest BCUT2D eigenvalue weighted by Crippen LogP contribution is 2.25. The Morgan fingerprint density at radius 1 is 1.20 bits per heavy atom. The van der Waals surface area contributed by atoms with Gasteiger partial charge in [-0.3, -0.25) is 4.79 Å². The molecule has 1 amide bonds. The number of carbonyl (C=O) groups is 1. The number of carbonyl (C=O) groups excluding carboxylic acids is 1. The maximum absolute atomic E-state index is 14.1. The summed E-state index contributed by atoms with van der Waals surface area (Å²) in [5, 5.41) is 21.7. The molecule has 3 rings (SSSR count). The van der Waals surface area contributed by atoms with Gasteiger partial charge >= 0.3 is 0 Å².